The molecule has 0 aliphatic heterocycles. The van der Waals surface area contributed by atoms with Crippen molar-refractivity contribution in [2.24, 2.45) is 0 Å². The molecule has 4 N–H and O–H groups in total. The Bertz CT molecular complexity index is 738. The zero-order chi connectivity index (χ0) is 15.7. The van der Waals surface area contributed by atoms with Crippen molar-refractivity contribution in [3.63, 3.8) is 0 Å². The summed E-state index contributed by atoms with van der Waals surface area (Å²) in [6, 6.07) is 4.79. The van der Waals surface area contributed by atoms with Crippen molar-refractivity contribution >= 4 is 33.2 Å². The molecule has 21 heavy (non-hydrogen) atoms. The van der Waals surface area contributed by atoms with Gasteiger partial charge in [-0.05, 0) is 40.2 Å². The van der Waals surface area contributed by atoms with Gasteiger partial charge < -0.3 is 16.2 Å². The van der Waals surface area contributed by atoms with Crippen molar-refractivity contribution in [2.75, 3.05) is 11.1 Å². The van der Waals surface area contributed by atoms with E-state index in [1.54, 1.807) is 0 Å². The van der Waals surface area contributed by atoms with Gasteiger partial charge >= 0.3 is 0 Å². The van der Waals surface area contributed by atoms with Crippen LogP contribution in [0.3, 0.4) is 0 Å². The van der Waals surface area contributed by atoms with Gasteiger partial charge in [0.15, 0.2) is 17.4 Å². The molecule has 0 radical (unpaired) electrons. The van der Waals surface area contributed by atoms with Crippen LogP contribution in [0.2, 0.25) is 0 Å². The minimum atomic E-state index is -1.75. The maximum Gasteiger partial charge on any atom is 0.258 e. The summed E-state index contributed by atoms with van der Waals surface area (Å²) in [5.41, 5.74) is 5.37. The maximum atomic E-state index is 13.6. The van der Waals surface area contributed by atoms with Crippen molar-refractivity contribution in [1.29, 1.82) is 0 Å². The second-order valence-corrected chi connectivity index (χ2v) is 4.93. The molecule has 2 rings (SSSR count). The topological polar surface area (TPSA) is 75.3 Å². The quantitative estimate of drug-likeness (QED) is 0.567. The van der Waals surface area contributed by atoms with Gasteiger partial charge in [-0.15, -0.1) is 0 Å². The second-order valence-electron chi connectivity index (χ2n) is 4.08. The third-order valence-corrected chi connectivity index (χ3v) is 3.28. The van der Waals surface area contributed by atoms with E-state index in [1.807, 2.05) is 0 Å². The molecule has 0 heterocycles. The highest BCUT2D eigenvalue weighted by atomic mass is 79.9. The first kappa shape index (κ1) is 15.2. The van der Waals surface area contributed by atoms with Crippen LogP contribution in [0.15, 0.2) is 28.7 Å². The van der Waals surface area contributed by atoms with Gasteiger partial charge in [0.05, 0.1) is 11.3 Å². The Morgan fingerprint density at radius 3 is 2.48 bits per heavy atom. The molecule has 2 aromatic carbocycles. The van der Waals surface area contributed by atoms with Crippen molar-refractivity contribution in [3.05, 3.63) is 51.8 Å². The van der Waals surface area contributed by atoms with Crippen LogP contribution in [0.25, 0.3) is 0 Å². The number of aromatic hydroxyl groups is 1. The van der Waals surface area contributed by atoms with E-state index >= 15 is 0 Å². The number of nitrogens with two attached hydrogens (primary N) is 1. The zero-order valence-corrected chi connectivity index (χ0v) is 11.8. The van der Waals surface area contributed by atoms with Gasteiger partial charge in [-0.25, -0.2) is 8.78 Å². The van der Waals surface area contributed by atoms with Crippen LogP contribution in [0.4, 0.5) is 24.5 Å². The fraction of sp³-hybridized carbons (Fsp3) is 0. The molecule has 0 spiro atoms. The van der Waals surface area contributed by atoms with E-state index in [2.05, 4.69) is 21.2 Å². The molecule has 0 atom stereocenters. The number of halogens is 4. The molecule has 0 saturated carbocycles. The molecule has 0 bridgehead atoms. The Labute approximate surface area is 125 Å². The Morgan fingerprint density at radius 1 is 1.19 bits per heavy atom. The molecule has 110 valence electrons. The fourth-order valence-electron chi connectivity index (χ4n) is 1.58. The number of hydrogen-bond acceptors (Lipinski definition) is 3. The van der Waals surface area contributed by atoms with Gasteiger partial charge in [-0.1, -0.05) is 0 Å². The Hall–Kier alpha value is -2.22. The predicted molar refractivity (Wildman–Crippen MR) is 74.5 cm³/mol. The maximum absolute atomic E-state index is 13.6. The van der Waals surface area contributed by atoms with Crippen LogP contribution in [-0.4, -0.2) is 11.0 Å². The van der Waals surface area contributed by atoms with Crippen LogP contribution < -0.4 is 11.1 Å². The van der Waals surface area contributed by atoms with Crippen LogP contribution in [-0.2, 0) is 0 Å². The molecule has 0 aliphatic rings. The van der Waals surface area contributed by atoms with Gasteiger partial charge in [0.25, 0.3) is 5.91 Å². The van der Waals surface area contributed by atoms with Crippen molar-refractivity contribution in [2.45, 2.75) is 0 Å². The van der Waals surface area contributed by atoms with E-state index in [4.69, 9.17) is 10.8 Å². The van der Waals surface area contributed by atoms with Crippen LogP contribution in [0.5, 0.6) is 5.75 Å². The highest BCUT2D eigenvalue weighted by Gasteiger charge is 2.22. The number of carbonyl (C=O) groups is 1. The third-order valence-electron chi connectivity index (χ3n) is 2.62. The molecular weight excluding hydrogens is 353 g/mol. The molecule has 8 heteroatoms. The van der Waals surface area contributed by atoms with E-state index < -0.39 is 34.7 Å². The van der Waals surface area contributed by atoms with Crippen molar-refractivity contribution in [3.8, 4) is 5.75 Å². The smallest absolute Gasteiger partial charge is 0.258 e. The van der Waals surface area contributed by atoms with Gasteiger partial charge in [-0.3, -0.25) is 4.79 Å². The normalized spacial score (nSPS) is 10.5. The lowest BCUT2D eigenvalue weighted by atomic mass is 10.1. The lowest BCUT2D eigenvalue weighted by Gasteiger charge is -2.10. The van der Waals surface area contributed by atoms with Crippen molar-refractivity contribution in [1.82, 2.24) is 0 Å². The number of nitrogen functional groups attached to an aromatic ring is 1. The molecule has 0 aliphatic carbocycles. The van der Waals surface area contributed by atoms with Crippen LogP contribution >= 0.6 is 15.9 Å². The number of benzene rings is 2. The number of rotatable bonds is 2. The van der Waals surface area contributed by atoms with Crippen LogP contribution in [0.1, 0.15) is 10.4 Å². The van der Waals surface area contributed by atoms with E-state index in [0.717, 1.165) is 0 Å². The average Bonchev–Trinajstić information content (AvgIpc) is 2.43. The highest BCUT2D eigenvalue weighted by Crippen LogP contribution is 2.28. The minimum Gasteiger partial charge on any atom is -0.503 e. The number of phenolic OH excluding ortho intramolecular Hbond substituents is 1. The summed E-state index contributed by atoms with van der Waals surface area (Å²) >= 11 is 3.14. The summed E-state index contributed by atoms with van der Waals surface area (Å²) < 4.78 is 40.1. The first-order chi connectivity index (χ1) is 9.81. The summed E-state index contributed by atoms with van der Waals surface area (Å²) in [6.45, 7) is 0. The summed E-state index contributed by atoms with van der Waals surface area (Å²) in [4.78, 5) is 11.9. The first-order valence-electron chi connectivity index (χ1n) is 5.54. The molecule has 4 nitrogen and oxygen atoms in total. The second kappa shape index (κ2) is 5.65. The standard InChI is InChI=1S/C13H8BrF3N2O2/c14-7-3-5(18)1-2-9(7)19-13(21)6-4-8(15)11(17)12(20)10(6)16/h1-4,20H,18H2,(H,19,21). The monoisotopic (exact) mass is 360 g/mol. The Balaban J connectivity index is 2.37. The van der Waals surface area contributed by atoms with Gasteiger partial charge in [0.1, 0.15) is 0 Å². The van der Waals surface area contributed by atoms with Gasteiger partial charge in [-0.2, -0.15) is 4.39 Å². The third kappa shape index (κ3) is 2.94. The molecule has 0 unspecified atom stereocenters. The number of anilines is 2. The molecule has 0 saturated heterocycles. The van der Waals surface area contributed by atoms with E-state index in [1.165, 1.54) is 18.2 Å². The number of amides is 1. The van der Waals surface area contributed by atoms with Crippen LogP contribution in [0, 0.1) is 17.5 Å². The number of phenols is 1. The minimum absolute atomic E-state index is 0.248. The largest absolute Gasteiger partial charge is 0.503 e. The number of carbonyl (C=O) groups excluding carboxylic acids is 1. The van der Waals surface area contributed by atoms with E-state index in [0.29, 0.717) is 16.2 Å². The summed E-state index contributed by atoms with van der Waals surface area (Å²) in [7, 11) is 0. The molecular formula is C13H8BrF3N2O2. The molecule has 0 fully saturated rings. The highest BCUT2D eigenvalue weighted by molar-refractivity contribution is 9.10. The first-order valence-corrected chi connectivity index (χ1v) is 6.33. The fourth-order valence-corrected chi connectivity index (χ4v) is 2.07. The Morgan fingerprint density at radius 2 is 1.86 bits per heavy atom. The van der Waals surface area contributed by atoms with Crippen molar-refractivity contribution < 1.29 is 23.1 Å². The van der Waals surface area contributed by atoms with E-state index in [9.17, 15) is 18.0 Å². The van der Waals surface area contributed by atoms with Gasteiger partial charge in [0.2, 0.25) is 5.82 Å². The zero-order valence-electron chi connectivity index (χ0n) is 10.3. The average molecular weight is 361 g/mol. The summed E-state index contributed by atoms with van der Waals surface area (Å²) in [5, 5.41) is 11.4. The number of hydrogen-bond donors (Lipinski definition) is 3. The molecule has 2 aromatic rings. The van der Waals surface area contributed by atoms with E-state index in [-0.39, 0.29) is 5.69 Å². The SMILES string of the molecule is Nc1ccc(NC(=O)c2cc(F)c(F)c(O)c2F)c(Br)c1. The molecule has 0 aromatic heterocycles. The number of nitrogens with one attached hydrogen (secondary N) is 1. The lowest BCUT2D eigenvalue weighted by molar-refractivity contribution is 0.102. The summed E-state index contributed by atoms with van der Waals surface area (Å²) in [5.74, 6) is -7.42. The molecule has 1 amide bonds. The Kier molecular flexibility index (Phi) is 4.08. The lowest BCUT2D eigenvalue weighted by Crippen LogP contribution is -2.15. The van der Waals surface area contributed by atoms with Gasteiger partial charge in [0, 0.05) is 10.2 Å². The predicted octanol–water partition coefficient (Wildman–Crippen LogP) is 3.41. The summed E-state index contributed by atoms with van der Waals surface area (Å²) in [6.07, 6.45) is 0.